The van der Waals surface area contributed by atoms with Crippen molar-refractivity contribution in [3.05, 3.63) is 29.3 Å². The summed E-state index contributed by atoms with van der Waals surface area (Å²) in [6.45, 7) is 6.06. The predicted octanol–water partition coefficient (Wildman–Crippen LogP) is 4.40. The lowest BCUT2D eigenvalue weighted by Crippen LogP contribution is -2.36. The molecule has 1 unspecified atom stereocenters. The molecule has 0 radical (unpaired) electrons. The van der Waals surface area contributed by atoms with Crippen molar-refractivity contribution in [2.24, 2.45) is 0 Å². The first-order chi connectivity index (χ1) is 7.69. The van der Waals surface area contributed by atoms with Gasteiger partial charge in [-0.15, -0.1) is 0 Å². The molecule has 1 aromatic rings. The molecular formula is C13H16F3N. The number of rotatable bonds is 0. The van der Waals surface area contributed by atoms with Crippen LogP contribution in [0.1, 0.15) is 44.2 Å². The first kappa shape index (κ1) is 12.3. The standard InChI is InChI=1S/C13H16F3N/c1-8-7-12(2,3)17-11-6-9(13(14,15)16)4-5-10(8)11/h4-6,8,17H,7H2,1-3H3. The Balaban J connectivity index is 2.45. The van der Waals surface area contributed by atoms with Crippen molar-refractivity contribution >= 4 is 5.69 Å². The first-order valence-corrected chi connectivity index (χ1v) is 5.68. The third-order valence-electron chi connectivity index (χ3n) is 3.20. The van der Waals surface area contributed by atoms with Gasteiger partial charge in [0.1, 0.15) is 0 Å². The van der Waals surface area contributed by atoms with Crippen molar-refractivity contribution in [2.45, 2.75) is 44.8 Å². The Morgan fingerprint density at radius 2 is 1.94 bits per heavy atom. The number of hydrogen-bond donors (Lipinski definition) is 1. The zero-order chi connectivity index (χ0) is 12.8. The molecule has 94 valence electrons. The van der Waals surface area contributed by atoms with Gasteiger partial charge in [0.2, 0.25) is 0 Å². The summed E-state index contributed by atoms with van der Waals surface area (Å²) in [7, 11) is 0. The molecule has 1 aliphatic heterocycles. The van der Waals surface area contributed by atoms with E-state index in [9.17, 15) is 13.2 Å². The highest BCUT2D eigenvalue weighted by molar-refractivity contribution is 5.58. The maximum atomic E-state index is 12.6. The Bertz CT molecular complexity index is 435. The summed E-state index contributed by atoms with van der Waals surface area (Å²) in [4.78, 5) is 0. The minimum absolute atomic E-state index is 0.156. The molecule has 1 aliphatic rings. The molecular weight excluding hydrogens is 227 g/mol. The molecule has 1 nitrogen and oxygen atoms in total. The Morgan fingerprint density at radius 3 is 2.53 bits per heavy atom. The number of nitrogens with one attached hydrogen (secondary N) is 1. The van der Waals surface area contributed by atoms with E-state index in [2.05, 4.69) is 12.2 Å². The van der Waals surface area contributed by atoms with Crippen molar-refractivity contribution in [3.63, 3.8) is 0 Å². The van der Waals surface area contributed by atoms with Gasteiger partial charge in [-0.1, -0.05) is 13.0 Å². The zero-order valence-corrected chi connectivity index (χ0v) is 10.2. The van der Waals surface area contributed by atoms with Crippen molar-refractivity contribution in [1.29, 1.82) is 0 Å². The quantitative estimate of drug-likeness (QED) is 0.712. The molecule has 0 fully saturated rings. The summed E-state index contributed by atoms with van der Waals surface area (Å²) in [6, 6.07) is 3.97. The first-order valence-electron chi connectivity index (χ1n) is 5.68. The molecule has 0 spiro atoms. The predicted molar refractivity (Wildman–Crippen MR) is 62.2 cm³/mol. The Kier molecular flexibility index (Phi) is 2.64. The van der Waals surface area contributed by atoms with Crippen molar-refractivity contribution in [3.8, 4) is 0 Å². The number of halogens is 3. The van der Waals surface area contributed by atoms with E-state index >= 15 is 0 Å². The minimum Gasteiger partial charge on any atom is -0.380 e. The number of anilines is 1. The van der Waals surface area contributed by atoms with Crippen LogP contribution >= 0.6 is 0 Å². The summed E-state index contributed by atoms with van der Waals surface area (Å²) in [5.74, 6) is 0.281. The Morgan fingerprint density at radius 1 is 1.29 bits per heavy atom. The van der Waals surface area contributed by atoms with Gasteiger partial charge in [-0.2, -0.15) is 13.2 Å². The minimum atomic E-state index is -4.28. The molecule has 0 saturated heterocycles. The molecule has 1 aromatic carbocycles. The lowest BCUT2D eigenvalue weighted by molar-refractivity contribution is -0.137. The largest absolute Gasteiger partial charge is 0.416 e. The number of fused-ring (bicyclic) bond motifs is 1. The molecule has 1 atom stereocenters. The normalized spacial score (nSPS) is 22.8. The number of hydrogen-bond acceptors (Lipinski definition) is 1. The summed E-state index contributed by atoms with van der Waals surface area (Å²) < 4.78 is 37.9. The summed E-state index contributed by atoms with van der Waals surface area (Å²) in [5, 5.41) is 3.18. The van der Waals surface area contributed by atoms with Crippen molar-refractivity contribution in [1.82, 2.24) is 0 Å². The van der Waals surface area contributed by atoms with Gasteiger partial charge < -0.3 is 5.32 Å². The van der Waals surface area contributed by atoms with Crippen LogP contribution in [-0.2, 0) is 6.18 Å². The van der Waals surface area contributed by atoms with Gasteiger partial charge in [-0.25, -0.2) is 0 Å². The van der Waals surface area contributed by atoms with Gasteiger partial charge in [0.05, 0.1) is 5.56 Å². The summed E-state index contributed by atoms with van der Waals surface area (Å²) >= 11 is 0. The van der Waals surface area contributed by atoms with Gasteiger partial charge >= 0.3 is 6.18 Å². The molecule has 17 heavy (non-hydrogen) atoms. The van der Waals surface area contributed by atoms with E-state index in [1.54, 1.807) is 6.07 Å². The van der Waals surface area contributed by atoms with Crippen LogP contribution in [0.2, 0.25) is 0 Å². The Labute approximate surface area is 99.0 Å². The molecule has 2 rings (SSSR count). The molecule has 1 heterocycles. The molecule has 0 amide bonds. The van der Waals surface area contributed by atoms with Gasteiger partial charge in [-0.3, -0.25) is 0 Å². The molecule has 0 aliphatic carbocycles. The van der Waals surface area contributed by atoms with Gasteiger partial charge in [0.15, 0.2) is 0 Å². The van der Waals surface area contributed by atoms with E-state index in [1.165, 1.54) is 6.07 Å². The van der Waals surface area contributed by atoms with E-state index in [0.29, 0.717) is 5.69 Å². The average molecular weight is 243 g/mol. The lowest BCUT2D eigenvalue weighted by Gasteiger charge is -2.37. The fraction of sp³-hybridized carbons (Fsp3) is 0.538. The monoisotopic (exact) mass is 243 g/mol. The van der Waals surface area contributed by atoms with Crippen LogP contribution in [0.15, 0.2) is 18.2 Å². The van der Waals surface area contributed by atoms with E-state index in [0.717, 1.165) is 18.1 Å². The van der Waals surface area contributed by atoms with Crippen LogP contribution in [-0.4, -0.2) is 5.54 Å². The molecule has 0 aromatic heterocycles. The van der Waals surface area contributed by atoms with E-state index in [1.807, 2.05) is 13.8 Å². The third kappa shape index (κ3) is 2.40. The molecule has 4 heteroatoms. The number of alkyl halides is 3. The molecule has 1 N–H and O–H groups in total. The van der Waals surface area contributed by atoms with E-state index < -0.39 is 11.7 Å². The maximum Gasteiger partial charge on any atom is 0.416 e. The smallest absolute Gasteiger partial charge is 0.380 e. The highest BCUT2D eigenvalue weighted by Gasteiger charge is 2.34. The summed E-state index contributed by atoms with van der Waals surface area (Å²) in [5.41, 5.74) is 0.839. The van der Waals surface area contributed by atoms with Crippen LogP contribution < -0.4 is 5.32 Å². The van der Waals surface area contributed by atoms with Crippen LogP contribution in [0.5, 0.6) is 0 Å². The lowest BCUT2D eigenvalue weighted by atomic mass is 9.81. The van der Waals surface area contributed by atoms with Crippen LogP contribution in [0, 0.1) is 0 Å². The Hall–Kier alpha value is -1.19. The highest BCUT2D eigenvalue weighted by atomic mass is 19.4. The second kappa shape index (κ2) is 3.65. The number of benzene rings is 1. The SMILES string of the molecule is CC1CC(C)(C)Nc2cc(C(F)(F)F)ccc21. The highest BCUT2D eigenvalue weighted by Crippen LogP contribution is 2.41. The van der Waals surface area contributed by atoms with Crippen LogP contribution in [0.4, 0.5) is 18.9 Å². The zero-order valence-electron chi connectivity index (χ0n) is 10.2. The summed E-state index contributed by atoms with van der Waals surface area (Å²) in [6.07, 6.45) is -3.35. The van der Waals surface area contributed by atoms with Crippen LogP contribution in [0.25, 0.3) is 0 Å². The third-order valence-corrected chi connectivity index (χ3v) is 3.20. The fourth-order valence-corrected chi connectivity index (χ4v) is 2.56. The van der Waals surface area contributed by atoms with E-state index in [4.69, 9.17) is 0 Å². The topological polar surface area (TPSA) is 12.0 Å². The average Bonchev–Trinajstić information content (AvgIpc) is 2.13. The second-order valence-electron chi connectivity index (χ2n) is 5.41. The fourth-order valence-electron chi connectivity index (χ4n) is 2.56. The van der Waals surface area contributed by atoms with E-state index in [-0.39, 0.29) is 11.5 Å². The molecule has 0 saturated carbocycles. The van der Waals surface area contributed by atoms with Crippen molar-refractivity contribution in [2.75, 3.05) is 5.32 Å². The van der Waals surface area contributed by atoms with Gasteiger partial charge in [0, 0.05) is 11.2 Å². The molecule has 0 bridgehead atoms. The maximum absolute atomic E-state index is 12.6. The van der Waals surface area contributed by atoms with Crippen LogP contribution in [0.3, 0.4) is 0 Å². The second-order valence-corrected chi connectivity index (χ2v) is 5.41. The van der Waals surface area contributed by atoms with Gasteiger partial charge in [0.25, 0.3) is 0 Å². The van der Waals surface area contributed by atoms with Crippen molar-refractivity contribution < 1.29 is 13.2 Å². The van der Waals surface area contributed by atoms with Gasteiger partial charge in [-0.05, 0) is 43.9 Å².